The van der Waals surface area contributed by atoms with Crippen LogP contribution in [0, 0.1) is 0 Å². The Morgan fingerprint density at radius 1 is 0.941 bits per heavy atom. The molecule has 34 heavy (non-hydrogen) atoms. The Morgan fingerprint density at radius 3 is 2.21 bits per heavy atom. The van der Waals surface area contributed by atoms with E-state index in [0.29, 0.717) is 29.2 Å². The maximum absolute atomic E-state index is 12.5. The van der Waals surface area contributed by atoms with Gasteiger partial charge >= 0.3 is 6.03 Å². The van der Waals surface area contributed by atoms with Crippen LogP contribution in [0.25, 0.3) is 0 Å². The summed E-state index contributed by atoms with van der Waals surface area (Å²) in [5.41, 5.74) is 0. The smallest absolute Gasteiger partial charge is 0.331 e. The number of ether oxygens (including phenoxy) is 1. The summed E-state index contributed by atoms with van der Waals surface area (Å²) in [4.78, 5) is 16.4. The highest BCUT2D eigenvalue weighted by Gasteiger charge is 2.31. The lowest BCUT2D eigenvalue weighted by Crippen LogP contribution is -2.52. The molecule has 2 aromatic carbocycles. The van der Waals surface area contributed by atoms with E-state index in [0.717, 1.165) is 44.5 Å². The first kappa shape index (κ1) is 24.9. The molecule has 2 amide bonds. The number of hydrogen-bond acceptors (Lipinski definition) is 6. The van der Waals surface area contributed by atoms with Gasteiger partial charge in [-0.15, -0.1) is 0 Å². The van der Waals surface area contributed by atoms with E-state index in [1.165, 1.54) is 29.2 Å². The molecule has 2 fully saturated rings. The van der Waals surface area contributed by atoms with Crippen LogP contribution < -0.4 is 9.46 Å². The first-order valence-electron chi connectivity index (χ1n) is 11.2. The molecule has 0 saturated carbocycles. The van der Waals surface area contributed by atoms with E-state index < -0.39 is 16.1 Å². The number of carbonyl (C=O) groups is 1. The number of nitrogens with zero attached hydrogens (tertiary/aromatic N) is 2. The second kappa shape index (κ2) is 10.6. The summed E-state index contributed by atoms with van der Waals surface area (Å²) in [6.07, 6.45) is 3.47. The summed E-state index contributed by atoms with van der Waals surface area (Å²) < 4.78 is 33.0. The van der Waals surface area contributed by atoms with Crippen LogP contribution >= 0.6 is 23.2 Å². The first-order valence-corrected chi connectivity index (χ1v) is 13.4. The molecule has 2 heterocycles. The van der Waals surface area contributed by atoms with E-state index in [-0.39, 0.29) is 16.7 Å². The molecule has 2 aliphatic rings. The maximum Gasteiger partial charge on any atom is 0.331 e. The Kier molecular flexibility index (Phi) is 7.77. The second-order valence-electron chi connectivity index (χ2n) is 8.55. The Hall–Kier alpha value is -2.20. The van der Waals surface area contributed by atoms with Gasteiger partial charge in [0.05, 0.1) is 14.9 Å². The number of amides is 2. The third-order valence-electron chi connectivity index (χ3n) is 6.31. The molecule has 0 aliphatic carbocycles. The normalized spacial score (nSPS) is 18.6. The van der Waals surface area contributed by atoms with Crippen LogP contribution in [0.3, 0.4) is 0 Å². The fourth-order valence-corrected chi connectivity index (χ4v) is 5.66. The number of urea groups is 1. The monoisotopic (exact) mass is 527 g/mol. The fraction of sp³-hybridized carbons (Fsp3) is 0.435. The second-order valence-corrected chi connectivity index (χ2v) is 11.0. The number of aromatic hydroxyl groups is 1. The SMILES string of the molecule is O=C(NS(=O)(=O)c1ccc(O)cc1)N1CCC(N2CCC(Oc3ccc(Cl)c(Cl)c3)CC2)CC1. The number of phenolic OH excluding ortho intramolecular Hbond substituents is 1. The third-order valence-corrected chi connectivity index (χ3v) is 8.38. The largest absolute Gasteiger partial charge is 0.508 e. The Morgan fingerprint density at radius 2 is 1.59 bits per heavy atom. The number of rotatable bonds is 5. The average molecular weight is 528 g/mol. The van der Waals surface area contributed by atoms with Crippen LogP contribution in [-0.2, 0) is 10.0 Å². The molecule has 0 unspecified atom stereocenters. The number of carbonyl (C=O) groups excluding carboxylic acids is 1. The zero-order valence-corrected chi connectivity index (χ0v) is 20.8. The quantitative estimate of drug-likeness (QED) is 0.607. The van der Waals surface area contributed by atoms with Gasteiger partial charge in [0.2, 0.25) is 0 Å². The minimum absolute atomic E-state index is 0.0441. The number of likely N-dealkylation sites (tertiary alicyclic amines) is 2. The molecule has 2 N–H and O–H groups in total. The third kappa shape index (κ3) is 6.07. The molecule has 184 valence electrons. The van der Waals surface area contributed by atoms with Crippen LogP contribution in [0.1, 0.15) is 25.7 Å². The predicted molar refractivity (Wildman–Crippen MR) is 130 cm³/mol. The highest BCUT2D eigenvalue weighted by Crippen LogP contribution is 2.29. The molecule has 2 saturated heterocycles. The van der Waals surface area contributed by atoms with Gasteiger partial charge in [-0.1, -0.05) is 23.2 Å². The van der Waals surface area contributed by atoms with Gasteiger partial charge in [0.15, 0.2) is 0 Å². The summed E-state index contributed by atoms with van der Waals surface area (Å²) in [7, 11) is -3.99. The first-order chi connectivity index (χ1) is 16.2. The van der Waals surface area contributed by atoms with E-state index in [2.05, 4.69) is 9.62 Å². The lowest BCUT2D eigenvalue weighted by atomic mass is 9.99. The van der Waals surface area contributed by atoms with Gasteiger partial charge < -0.3 is 14.7 Å². The van der Waals surface area contributed by atoms with E-state index in [9.17, 15) is 18.3 Å². The minimum Gasteiger partial charge on any atom is -0.508 e. The zero-order valence-electron chi connectivity index (χ0n) is 18.5. The van der Waals surface area contributed by atoms with Gasteiger partial charge in [-0.25, -0.2) is 17.9 Å². The van der Waals surface area contributed by atoms with Crippen molar-refractivity contribution in [1.29, 1.82) is 0 Å². The molecular formula is C23H27Cl2N3O5S. The molecule has 4 rings (SSSR count). The average Bonchev–Trinajstić information content (AvgIpc) is 2.82. The predicted octanol–water partition coefficient (Wildman–Crippen LogP) is 4.11. The van der Waals surface area contributed by atoms with Crippen LogP contribution in [0.5, 0.6) is 11.5 Å². The summed E-state index contributed by atoms with van der Waals surface area (Å²) in [5, 5.41) is 10.3. The van der Waals surface area contributed by atoms with Crippen molar-refractivity contribution in [2.45, 2.75) is 42.7 Å². The number of piperidine rings is 2. The number of nitrogens with one attached hydrogen (secondary N) is 1. The molecule has 11 heteroatoms. The van der Waals surface area contributed by atoms with Crippen molar-refractivity contribution in [2.75, 3.05) is 26.2 Å². The van der Waals surface area contributed by atoms with Gasteiger partial charge in [-0.3, -0.25) is 4.90 Å². The van der Waals surface area contributed by atoms with E-state index in [1.807, 2.05) is 6.07 Å². The maximum atomic E-state index is 12.5. The van der Waals surface area contributed by atoms with Crippen molar-refractivity contribution in [3.8, 4) is 11.5 Å². The number of halogens is 2. The van der Waals surface area contributed by atoms with Gasteiger partial charge in [-0.05, 0) is 62.1 Å². The molecule has 2 aliphatic heterocycles. The van der Waals surface area contributed by atoms with E-state index >= 15 is 0 Å². The Bertz CT molecular complexity index is 1110. The molecule has 0 spiro atoms. The molecule has 0 atom stereocenters. The van der Waals surface area contributed by atoms with Crippen molar-refractivity contribution in [3.63, 3.8) is 0 Å². The van der Waals surface area contributed by atoms with Crippen molar-refractivity contribution in [2.24, 2.45) is 0 Å². The van der Waals surface area contributed by atoms with Gasteiger partial charge in [0.25, 0.3) is 10.0 Å². The van der Waals surface area contributed by atoms with Crippen molar-refractivity contribution in [1.82, 2.24) is 14.5 Å². The lowest BCUT2D eigenvalue weighted by Gasteiger charge is -2.41. The van der Waals surface area contributed by atoms with E-state index in [4.69, 9.17) is 27.9 Å². The van der Waals surface area contributed by atoms with Crippen LogP contribution in [0.2, 0.25) is 10.0 Å². The molecule has 8 nitrogen and oxygen atoms in total. The summed E-state index contributed by atoms with van der Waals surface area (Å²) >= 11 is 12.0. The summed E-state index contributed by atoms with van der Waals surface area (Å²) in [5.74, 6) is 0.673. The molecular weight excluding hydrogens is 501 g/mol. The van der Waals surface area contributed by atoms with E-state index in [1.54, 1.807) is 12.1 Å². The zero-order chi connectivity index (χ0) is 24.3. The molecule has 0 bridgehead atoms. The number of benzene rings is 2. The summed E-state index contributed by atoms with van der Waals surface area (Å²) in [6.45, 7) is 2.78. The topological polar surface area (TPSA) is 99.2 Å². The Balaban J connectivity index is 1.23. The highest BCUT2D eigenvalue weighted by atomic mass is 35.5. The summed E-state index contributed by atoms with van der Waals surface area (Å²) in [6, 6.07) is 10.1. The number of sulfonamides is 1. The standard InChI is InChI=1S/C23H27Cl2N3O5S/c24-21-6-3-19(15-22(21)25)33-18-9-13-27(14-10-18)16-7-11-28(12-8-16)23(30)26-34(31,32)20-4-1-17(29)2-5-20/h1-6,15-16,18,29H,7-14H2,(H,26,30). The molecule has 0 aromatic heterocycles. The minimum atomic E-state index is -3.99. The molecule has 2 aromatic rings. The number of hydrogen-bond donors (Lipinski definition) is 2. The van der Waals surface area contributed by atoms with Crippen molar-refractivity contribution >= 4 is 39.3 Å². The van der Waals surface area contributed by atoms with Gasteiger partial charge in [0.1, 0.15) is 17.6 Å². The van der Waals surface area contributed by atoms with Crippen LogP contribution in [0.15, 0.2) is 47.4 Å². The van der Waals surface area contributed by atoms with Gasteiger partial charge in [0, 0.05) is 38.3 Å². The van der Waals surface area contributed by atoms with Crippen LogP contribution in [-0.4, -0.2) is 67.7 Å². The highest BCUT2D eigenvalue weighted by molar-refractivity contribution is 7.90. The van der Waals surface area contributed by atoms with Crippen molar-refractivity contribution in [3.05, 3.63) is 52.5 Å². The molecule has 0 radical (unpaired) electrons. The van der Waals surface area contributed by atoms with Crippen LogP contribution in [0.4, 0.5) is 4.79 Å². The number of phenols is 1. The lowest BCUT2D eigenvalue weighted by molar-refractivity contribution is 0.0540. The van der Waals surface area contributed by atoms with Gasteiger partial charge in [-0.2, -0.15) is 0 Å². The fourth-order valence-electron chi connectivity index (χ4n) is 4.40. The van der Waals surface area contributed by atoms with Crippen molar-refractivity contribution < 1.29 is 23.1 Å². The Labute approximate surface area is 209 Å².